The first-order valence-electron chi connectivity index (χ1n) is 10.4. The van der Waals surface area contributed by atoms with Crippen LogP contribution in [0.15, 0.2) is 24.3 Å². The van der Waals surface area contributed by atoms with Gasteiger partial charge in [0.15, 0.2) is 0 Å². The number of rotatable bonds is 7. The van der Waals surface area contributed by atoms with Crippen LogP contribution in [0, 0.1) is 23.7 Å². The van der Waals surface area contributed by atoms with Crippen molar-refractivity contribution in [2.45, 2.75) is 55.1 Å². The Bertz CT molecular complexity index is 797. The Balaban J connectivity index is 1.47. The maximum absolute atomic E-state index is 13.1. The van der Waals surface area contributed by atoms with Gasteiger partial charge in [0.2, 0.25) is 11.8 Å². The largest absolute Gasteiger partial charge is 0.426 e. The average molecular weight is 527 g/mol. The normalized spacial score (nSPS) is 32.7. The smallest absolute Gasteiger partial charge is 0.311 e. The van der Waals surface area contributed by atoms with Gasteiger partial charge < -0.3 is 4.74 Å². The molecule has 3 aliphatic rings. The summed E-state index contributed by atoms with van der Waals surface area (Å²) < 4.78 is 5.44. The summed E-state index contributed by atoms with van der Waals surface area (Å²) in [7, 11) is 0. The minimum atomic E-state index is -0.281. The van der Waals surface area contributed by atoms with Gasteiger partial charge in [-0.05, 0) is 36.8 Å². The molecule has 4 rings (SSSR count). The molecule has 29 heavy (non-hydrogen) atoms. The van der Waals surface area contributed by atoms with Crippen LogP contribution in [0.25, 0.3) is 0 Å². The lowest BCUT2D eigenvalue weighted by Crippen LogP contribution is -2.37. The van der Waals surface area contributed by atoms with E-state index in [1.807, 2.05) is 0 Å². The van der Waals surface area contributed by atoms with Crippen LogP contribution < -0.4 is 9.64 Å². The van der Waals surface area contributed by atoms with Crippen molar-refractivity contribution in [2.24, 2.45) is 23.7 Å². The summed E-state index contributed by atoms with van der Waals surface area (Å²) in [5.41, 5.74) is 0.488. The van der Waals surface area contributed by atoms with Crippen LogP contribution in [0.5, 0.6) is 5.75 Å². The fourth-order valence-corrected chi connectivity index (χ4v) is 7.04. The zero-order valence-electron chi connectivity index (χ0n) is 16.4. The number of halogens is 2. The van der Waals surface area contributed by atoms with Gasteiger partial charge >= 0.3 is 5.97 Å². The summed E-state index contributed by atoms with van der Waals surface area (Å²) in [5.74, 6) is -0.304. The molecule has 1 heterocycles. The van der Waals surface area contributed by atoms with Crippen molar-refractivity contribution in [1.82, 2.24) is 0 Å². The second kappa shape index (κ2) is 8.50. The molecule has 2 saturated carbocycles. The van der Waals surface area contributed by atoms with Crippen LogP contribution in [0.4, 0.5) is 5.69 Å². The highest BCUT2D eigenvalue weighted by molar-refractivity contribution is 9.12. The number of amides is 2. The lowest BCUT2D eigenvalue weighted by atomic mass is 9.81. The summed E-state index contributed by atoms with van der Waals surface area (Å²) in [6, 6.07) is 6.76. The number of hydrogen-bond donors (Lipinski definition) is 0. The molecule has 2 aliphatic carbocycles. The van der Waals surface area contributed by atoms with Crippen molar-refractivity contribution in [3.05, 3.63) is 24.3 Å². The summed E-state index contributed by atoms with van der Waals surface area (Å²) >= 11 is 7.41. The number of esters is 1. The summed E-state index contributed by atoms with van der Waals surface area (Å²) in [6.07, 6.45) is 5.32. The van der Waals surface area contributed by atoms with Gasteiger partial charge in [0.1, 0.15) is 5.75 Å². The third-order valence-corrected chi connectivity index (χ3v) is 9.74. The van der Waals surface area contributed by atoms with Gasteiger partial charge in [-0.3, -0.25) is 14.4 Å². The first-order chi connectivity index (χ1) is 13.9. The average Bonchev–Trinajstić information content (AvgIpc) is 3.30. The zero-order valence-corrected chi connectivity index (χ0v) is 19.5. The molecule has 7 heteroatoms. The van der Waals surface area contributed by atoms with Gasteiger partial charge in [-0.1, -0.05) is 64.1 Å². The number of benzene rings is 1. The van der Waals surface area contributed by atoms with E-state index in [2.05, 4.69) is 38.8 Å². The molecule has 1 saturated heterocycles. The number of carbonyl (C=O) groups excluding carboxylic acids is 3. The molecule has 0 N–H and O–H groups in total. The summed E-state index contributed by atoms with van der Waals surface area (Å²) in [4.78, 5) is 40.1. The molecule has 0 aromatic heterocycles. The van der Waals surface area contributed by atoms with Crippen LogP contribution in [-0.2, 0) is 14.4 Å². The molecule has 2 bridgehead atoms. The molecule has 0 unspecified atom stereocenters. The maximum atomic E-state index is 13.1. The van der Waals surface area contributed by atoms with Crippen molar-refractivity contribution in [3.63, 3.8) is 0 Å². The number of carbonyl (C=O) groups is 3. The highest BCUT2D eigenvalue weighted by atomic mass is 79.9. The van der Waals surface area contributed by atoms with Gasteiger partial charge in [-0.2, -0.15) is 0 Å². The highest BCUT2D eigenvalue weighted by Crippen LogP contribution is 2.60. The molecule has 1 aromatic carbocycles. The topological polar surface area (TPSA) is 63.7 Å². The fraction of sp³-hybridized carbons (Fsp3) is 0.591. The molecule has 0 spiro atoms. The van der Waals surface area contributed by atoms with Crippen molar-refractivity contribution < 1.29 is 19.1 Å². The second-order valence-corrected chi connectivity index (χ2v) is 10.4. The highest BCUT2D eigenvalue weighted by Gasteiger charge is 2.66. The molecule has 156 valence electrons. The van der Waals surface area contributed by atoms with Crippen LogP contribution >= 0.6 is 31.9 Å². The quantitative estimate of drug-likeness (QED) is 0.167. The summed E-state index contributed by atoms with van der Waals surface area (Å²) in [6.45, 7) is 2.13. The van der Waals surface area contributed by atoms with Crippen molar-refractivity contribution >= 4 is 55.3 Å². The lowest BCUT2D eigenvalue weighted by molar-refractivity contribution is -0.134. The van der Waals surface area contributed by atoms with E-state index in [0.717, 1.165) is 32.1 Å². The van der Waals surface area contributed by atoms with E-state index >= 15 is 0 Å². The zero-order chi connectivity index (χ0) is 20.7. The summed E-state index contributed by atoms with van der Waals surface area (Å²) in [5, 5.41) is 0. The standard InChI is InChI=1S/C22H25Br2NO4/c1-2-3-4-5-9-16(26)29-13-8-6-7-12(10-13)25-21(27)17-14-11-15(18(17)22(25)28)20(24)19(14)23/h6-8,10,14-15,17-20H,2-5,9,11H2,1H3/t14-,15+,17+,18-,19-,20-/m1/s1. The van der Waals surface area contributed by atoms with Crippen molar-refractivity contribution in [2.75, 3.05) is 4.90 Å². The van der Waals surface area contributed by atoms with Crippen LogP contribution in [-0.4, -0.2) is 27.4 Å². The van der Waals surface area contributed by atoms with Gasteiger partial charge in [0.25, 0.3) is 0 Å². The Hall–Kier alpha value is -1.21. The van der Waals surface area contributed by atoms with E-state index in [9.17, 15) is 14.4 Å². The monoisotopic (exact) mass is 525 g/mol. The fourth-order valence-electron chi connectivity index (χ4n) is 5.17. The minimum Gasteiger partial charge on any atom is -0.426 e. The van der Waals surface area contributed by atoms with Gasteiger partial charge in [-0.25, -0.2) is 4.90 Å². The maximum Gasteiger partial charge on any atom is 0.311 e. The molecule has 1 aliphatic heterocycles. The number of imide groups is 1. The van der Waals surface area contributed by atoms with E-state index in [1.54, 1.807) is 24.3 Å². The van der Waals surface area contributed by atoms with Gasteiger partial charge in [-0.15, -0.1) is 0 Å². The molecule has 5 nitrogen and oxygen atoms in total. The van der Waals surface area contributed by atoms with E-state index in [0.29, 0.717) is 17.9 Å². The van der Waals surface area contributed by atoms with E-state index in [4.69, 9.17) is 4.74 Å². The minimum absolute atomic E-state index is 0.126. The Morgan fingerprint density at radius 3 is 2.34 bits per heavy atom. The predicted molar refractivity (Wildman–Crippen MR) is 117 cm³/mol. The van der Waals surface area contributed by atoms with Crippen LogP contribution in [0.2, 0.25) is 0 Å². The Morgan fingerprint density at radius 2 is 1.72 bits per heavy atom. The number of nitrogens with zero attached hydrogens (tertiary/aromatic N) is 1. The first-order valence-corrected chi connectivity index (χ1v) is 12.2. The Labute approximate surface area is 187 Å². The van der Waals surface area contributed by atoms with Crippen molar-refractivity contribution in [1.29, 1.82) is 0 Å². The molecule has 3 fully saturated rings. The number of unbranched alkanes of at least 4 members (excludes halogenated alkanes) is 3. The van der Waals surface area contributed by atoms with Gasteiger partial charge in [0, 0.05) is 22.1 Å². The van der Waals surface area contributed by atoms with Crippen LogP contribution in [0.3, 0.4) is 0 Å². The molecular weight excluding hydrogens is 502 g/mol. The number of hydrogen-bond acceptors (Lipinski definition) is 4. The first kappa shape index (κ1) is 21.0. The van der Waals surface area contributed by atoms with Gasteiger partial charge in [0.05, 0.1) is 17.5 Å². The van der Waals surface area contributed by atoms with Crippen LogP contribution in [0.1, 0.15) is 45.4 Å². The number of anilines is 1. The lowest BCUT2D eigenvalue weighted by Gasteiger charge is -2.28. The predicted octanol–water partition coefficient (Wildman–Crippen LogP) is 4.84. The third-order valence-electron chi connectivity index (χ3n) is 6.53. The number of fused-ring (bicyclic) bond motifs is 5. The SMILES string of the molecule is CCCCCCC(=O)Oc1cccc(N2C(=O)[C@@H]3[C@@H]4C[C@@H]([C@@H](Br)[C@@H]4Br)[C@@H]3C2=O)c1. The number of ether oxygens (including phenoxy) is 1. The van der Waals surface area contributed by atoms with E-state index in [-0.39, 0.29) is 51.1 Å². The molecule has 2 amide bonds. The second-order valence-electron chi connectivity index (χ2n) is 8.30. The Kier molecular flexibility index (Phi) is 6.17. The molecule has 6 atom stereocenters. The number of alkyl halides is 2. The molecule has 1 aromatic rings. The molecular formula is C22H25Br2NO4. The van der Waals surface area contributed by atoms with E-state index < -0.39 is 0 Å². The molecule has 0 radical (unpaired) electrons. The third kappa shape index (κ3) is 3.69. The van der Waals surface area contributed by atoms with E-state index in [1.165, 1.54) is 4.90 Å². The van der Waals surface area contributed by atoms with Crippen molar-refractivity contribution in [3.8, 4) is 5.75 Å². The Morgan fingerprint density at radius 1 is 1.07 bits per heavy atom.